The molecule has 0 aliphatic heterocycles. The van der Waals surface area contributed by atoms with E-state index in [1.165, 1.54) is 11.1 Å². The molecule has 6 heteroatoms. The molecule has 27 heavy (non-hydrogen) atoms. The van der Waals surface area contributed by atoms with Crippen molar-refractivity contribution in [1.29, 1.82) is 0 Å². The van der Waals surface area contributed by atoms with Crippen LogP contribution in [-0.2, 0) is 6.42 Å². The average Bonchev–Trinajstić information content (AvgIpc) is 3.01. The van der Waals surface area contributed by atoms with Gasteiger partial charge in [0.05, 0.1) is 6.21 Å². The van der Waals surface area contributed by atoms with Crippen LogP contribution >= 0.6 is 28.6 Å². The summed E-state index contributed by atoms with van der Waals surface area (Å²) in [7, 11) is 0. The van der Waals surface area contributed by atoms with Crippen LogP contribution in [0.2, 0.25) is 0 Å². The fourth-order valence-electron chi connectivity index (χ4n) is 2.90. The molecule has 0 radical (unpaired) electrons. The second kappa shape index (κ2) is 8.85. The van der Waals surface area contributed by atoms with Gasteiger partial charge in [0, 0.05) is 10.4 Å². The van der Waals surface area contributed by atoms with Crippen molar-refractivity contribution in [3.63, 3.8) is 0 Å². The molecule has 0 fully saturated rings. The van der Waals surface area contributed by atoms with E-state index >= 15 is 0 Å². The standard InChI is InChI=1S/C21H23BrN4S/c1-14(2)12-16-4-8-18(9-5-16)15(3)20-24-25-21(27)26(20)23-13-17-6-10-19(22)11-7-17/h4-11,13-15H,12H2,1-3H3,(H,25,27). The molecule has 0 saturated carbocycles. The van der Waals surface area contributed by atoms with Gasteiger partial charge in [-0.1, -0.05) is 73.1 Å². The summed E-state index contributed by atoms with van der Waals surface area (Å²) < 4.78 is 2.73. The summed E-state index contributed by atoms with van der Waals surface area (Å²) in [6.07, 6.45) is 2.88. The molecule has 0 saturated heterocycles. The summed E-state index contributed by atoms with van der Waals surface area (Å²) in [4.78, 5) is 0. The highest BCUT2D eigenvalue weighted by Crippen LogP contribution is 2.25. The Labute approximate surface area is 174 Å². The van der Waals surface area contributed by atoms with Crippen LogP contribution < -0.4 is 0 Å². The van der Waals surface area contributed by atoms with E-state index in [9.17, 15) is 0 Å². The van der Waals surface area contributed by atoms with Gasteiger partial charge >= 0.3 is 0 Å². The molecule has 1 heterocycles. The molecule has 0 spiro atoms. The van der Waals surface area contributed by atoms with E-state index in [0.717, 1.165) is 22.3 Å². The van der Waals surface area contributed by atoms with E-state index in [-0.39, 0.29) is 5.92 Å². The van der Waals surface area contributed by atoms with E-state index in [1.54, 1.807) is 10.9 Å². The van der Waals surface area contributed by atoms with Gasteiger partial charge in [-0.05, 0) is 41.2 Å². The number of aromatic nitrogens is 3. The summed E-state index contributed by atoms with van der Waals surface area (Å²) >= 11 is 7.85. The topological polar surface area (TPSA) is 43.1 Å². The zero-order chi connectivity index (χ0) is 19.4. The molecule has 0 aliphatic rings. The smallest absolute Gasteiger partial charge is 0.191 e. The molecule has 0 aliphatic carbocycles. The van der Waals surface area contributed by atoms with Gasteiger partial charge in [0.25, 0.3) is 0 Å². The fourth-order valence-corrected chi connectivity index (χ4v) is 3.36. The molecular weight excluding hydrogens is 420 g/mol. The summed E-state index contributed by atoms with van der Waals surface area (Å²) in [5.74, 6) is 1.48. The maximum Gasteiger partial charge on any atom is 0.208 e. The quantitative estimate of drug-likeness (QED) is 0.400. The average molecular weight is 443 g/mol. The molecule has 1 atom stereocenters. The van der Waals surface area contributed by atoms with Gasteiger partial charge in [0.15, 0.2) is 5.82 Å². The maximum absolute atomic E-state index is 4.54. The van der Waals surface area contributed by atoms with Crippen LogP contribution in [0.4, 0.5) is 0 Å². The first kappa shape index (κ1) is 19.8. The molecule has 1 unspecified atom stereocenters. The molecule has 140 valence electrons. The molecule has 3 rings (SSSR count). The van der Waals surface area contributed by atoms with Crippen LogP contribution in [0.25, 0.3) is 0 Å². The molecule has 3 aromatic rings. The van der Waals surface area contributed by atoms with Gasteiger partial charge in [-0.3, -0.25) is 0 Å². The number of thiol groups is 1. The lowest BCUT2D eigenvalue weighted by Crippen LogP contribution is -2.06. The van der Waals surface area contributed by atoms with Crippen molar-refractivity contribution in [3.8, 4) is 0 Å². The number of rotatable bonds is 6. The van der Waals surface area contributed by atoms with E-state index < -0.39 is 0 Å². The molecule has 1 aromatic heterocycles. The number of nitrogens with zero attached hydrogens (tertiary/aromatic N) is 4. The zero-order valence-electron chi connectivity index (χ0n) is 15.7. The number of halogens is 1. The van der Waals surface area contributed by atoms with E-state index in [2.05, 4.69) is 88.9 Å². The van der Waals surface area contributed by atoms with Gasteiger partial charge < -0.3 is 0 Å². The van der Waals surface area contributed by atoms with Crippen molar-refractivity contribution in [2.24, 2.45) is 11.0 Å². The predicted molar refractivity (Wildman–Crippen MR) is 117 cm³/mol. The van der Waals surface area contributed by atoms with Crippen molar-refractivity contribution in [1.82, 2.24) is 14.9 Å². The summed E-state index contributed by atoms with van der Waals surface area (Å²) in [5, 5.41) is 13.4. The fraction of sp³-hybridized carbons (Fsp3) is 0.286. The van der Waals surface area contributed by atoms with Crippen LogP contribution in [0.3, 0.4) is 0 Å². The largest absolute Gasteiger partial charge is 0.208 e. The lowest BCUT2D eigenvalue weighted by atomic mass is 9.96. The molecular formula is C21H23BrN4S. The Hall–Kier alpha value is -1.92. The number of hydrogen-bond donors (Lipinski definition) is 1. The predicted octanol–water partition coefficient (Wildman–Crippen LogP) is 5.56. The van der Waals surface area contributed by atoms with Gasteiger partial charge in [0.1, 0.15) is 0 Å². The minimum absolute atomic E-state index is 0.0635. The lowest BCUT2D eigenvalue weighted by Gasteiger charge is -2.12. The van der Waals surface area contributed by atoms with Crippen molar-refractivity contribution in [2.75, 3.05) is 0 Å². The third-order valence-electron chi connectivity index (χ3n) is 4.35. The van der Waals surface area contributed by atoms with E-state index in [4.69, 9.17) is 0 Å². The Bertz CT molecular complexity index is 914. The van der Waals surface area contributed by atoms with Crippen molar-refractivity contribution in [2.45, 2.75) is 38.3 Å². The Kier molecular flexibility index (Phi) is 6.50. The first-order valence-corrected chi connectivity index (χ1v) is 10.2. The molecule has 4 nitrogen and oxygen atoms in total. The highest BCUT2D eigenvalue weighted by atomic mass is 79.9. The normalized spacial score (nSPS) is 12.8. The second-order valence-electron chi connectivity index (χ2n) is 7.03. The highest BCUT2D eigenvalue weighted by Gasteiger charge is 2.18. The van der Waals surface area contributed by atoms with Crippen LogP contribution in [-0.4, -0.2) is 21.1 Å². The van der Waals surface area contributed by atoms with Crippen LogP contribution in [0.1, 0.15) is 49.2 Å². The SMILES string of the molecule is CC(C)Cc1ccc(C(C)c2nnc(S)n2N=Cc2ccc(Br)cc2)cc1. The molecule has 0 N–H and O–H groups in total. The summed E-state index contributed by atoms with van der Waals surface area (Å²) in [5.41, 5.74) is 3.53. The first-order valence-electron chi connectivity index (χ1n) is 8.97. The maximum atomic E-state index is 4.54. The highest BCUT2D eigenvalue weighted by molar-refractivity contribution is 9.10. The Morgan fingerprint density at radius 2 is 1.70 bits per heavy atom. The molecule has 0 bridgehead atoms. The van der Waals surface area contributed by atoms with E-state index in [1.807, 2.05) is 24.3 Å². The van der Waals surface area contributed by atoms with Crippen molar-refractivity contribution in [3.05, 3.63) is 75.5 Å². The van der Waals surface area contributed by atoms with Crippen LogP contribution in [0.15, 0.2) is 63.3 Å². The van der Waals surface area contributed by atoms with Gasteiger partial charge in [-0.15, -0.1) is 22.8 Å². The third-order valence-corrected chi connectivity index (χ3v) is 5.16. The number of hydrogen-bond acceptors (Lipinski definition) is 4. The van der Waals surface area contributed by atoms with Crippen LogP contribution in [0.5, 0.6) is 0 Å². The third kappa shape index (κ3) is 5.08. The van der Waals surface area contributed by atoms with Gasteiger partial charge in [-0.25, -0.2) is 0 Å². The van der Waals surface area contributed by atoms with Crippen molar-refractivity contribution < 1.29 is 0 Å². The number of benzene rings is 2. The second-order valence-corrected chi connectivity index (χ2v) is 8.34. The van der Waals surface area contributed by atoms with Gasteiger partial charge in [-0.2, -0.15) is 9.78 Å². The molecule has 2 aromatic carbocycles. The van der Waals surface area contributed by atoms with Gasteiger partial charge in [0.2, 0.25) is 5.16 Å². The first-order chi connectivity index (χ1) is 12.9. The Morgan fingerprint density at radius 3 is 2.33 bits per heavy atom. The lowest BCUT2D eigenvalue weighted by molar-refractivity contribution is 0.646. The summed E-state index contributed by atoms with van der Waals surface area (Å²) in [6, 6.07) is 16.7. The van der Waals surface area contributed by atoms with E-state index in [0.29, 0.717) is 11.1 Å². The molecule has 0 amide bonds. The zero-order valence-corrected chi connectivity index (χ0v) is 18.2. The Morgan fingerprint density at radius 1 is 1.04 bits per heavy atom. The Balaban J connectivity index is 1.83. The summed E-state index contributed by atoms with van der Waals surface area (Å²) in [6.45, 7) is 6.58. The monoisotopic (exact) mass is 442 g/mol. The minimum Gasteiger partial charge on any atom is -0.191 e. The van der Waals surface area contributed by atoms with Crippen LogP contribution in [0, 0.1) is 5.92 Å². The van der Waals surface area contributed by atoms with Crippen molar-refractivity contribution >= 4 is 34.8 Å². The minimum atomic E-state index is 0.0635.